The van der Waals surface area contributed by atoms with E-state index in [1.807, 2.05) is 18.3 Å². The lowest BCUT2D eigenvalue weighted by Gasteiger charge is -2.21. The number of fused-ring (bicyclic) bond motifs is 1. The van der Waals surface area contributed by atoms with Gasteiger partial charge in [0.1, 0.15) is 19.0 Å². The summed E-state index contributed by atoms with van der Waals surface area (Å²) < 4.78 is 11.1. The van der Waals surface area contributed by atoms with Gasteiger partial charge in [-0.1, -0.05) is 6.07 Å². The average Bonchev–Trinajstić information content (AvgIpc) is 2.97. The molecule has 0 saturated carbocycles. The maximum absolute atomic E-state index is 5.59. The first kappa shape index (κ1) is 12.0. The second-order valence-corrected chi connectivity index (χ2v) is 4.54. The first-order valence-corrected chi connectivity index (χ1v) is 6.44. The van der Waals surface area contributed by atoms with Gasteiger partial charge in [0.05, 0.1) is 6.54 Å². The number of nitrogens with zero attached hydrogens (tertiary/aromatic N) is 1. The molecule has 0 spiro atoms. The second kappa shape index (κ2) is 5.32. The van der Waals surface area contributed by atoms with Crippen molar-refractivity contribution in [1.82, 2.24) is 15.3 Å². The summed E-state index contributed by atoms with van der Waals surface area (Å²) in [5, 5.41) is 3.42. The number of H-pyrrole nitrogens is 1. The van der Waals surface area contributed by atoms with Crippen LogP contribution in [0.5, 0.6) is 11.5 Å². The smallest absolute Gasteiger partial charge is 0.161 e. The Morgan fingerprint density at radius 1 is 1.32 bits per heavy atom. The molecule has 19 heavy (non-hydrogen) atoms. The van der Waals surface area contributed by atoms with Crippen LogP contribution in [0.15, 0.2) is 30.6 Å². The van der Waals surface area contributed by atoms with Gasteiger partial charge in [-0.25, -0.2) is 4.98 Å². The van der Waals surface area contributed by atoms with Crippen LogP contribution in [0.4, 0.5) is 0 Å². The summed E-state index contributed by atoms with van der Waals surface area (Å²) in [6.07, 6.45) is 3.58. The van der Waals surface area contributed by atoms with E-state index in [-0.39, 0.29) is 6.04 Å². The maximum Gasteiger partial charge on any atom is 0.161 e. The number of hydrogen-bond donors (Lipinski definition) is 2. The van der Waals surface area contributed by atoms with Gasteiger partial charge in [-0.05, 0) is 24.6 Å². The van der Waals surface area contributed by atoms with Gasteiger partial charge >= 0.3 is 0 Å². The number of aromatic nitrogens is 2. The Bertz CT molecular complexity index is 540. The standard InChI is InChI=1S/C14H17N3O2/c1-10(17-9-14-15-4-5-16-14)11-2-3-12-13(8-11)19-7-6-18-12/h2-5,8,10,17H,6-7,9H2,1H3,(H,15,16). The molecular formula is C14H17N3O2. The Kier molecular flexibility index (Phi) is 3.37. The van der Waals surface area contributed by atoms with Crippen molar-refractivity contribution < 1.29 is 9.47 Å². The van der Waals surface area contributed by atoms with Crippen molar-refractivity contribution in [3.8, 4) is 11.5 Å². The first-order chi connectivity index (χ1) is 9.33. The molecule has 0 saturated heterocycles. The summed E-state index contributed by atoms with van der Waals surface area (Å²) in [6.45, 7) is 4.07. The lowest BCUT2D eigenvalue weighted by Crippen LogP contribution is -2.20. The zero-order valence-corrected chi connectivity index (χ0v) is 10.8. The maximum atomic E-state index is 5.59. The molecule has 0 bridgehead atoms. The van der Waals surface area contributed by atoms with Crippen molar-refractivity contribution in [3.05, 3.63) is 42.0 Å². The predicted molar refractivity (Wildman–Crippen MR) is 71.3 cm³/mol. The molecule has 1 unspecified atom stereocenters. The number of benzene rings is 1. The summed E-state index contributed by atoms with van der Waals surface area (Å²) >= 11 is 0. The molecule has 2 heterocycles. The molecule has 1 aliphatic rings. The molecular weight excluding hydrogens is 242 g/mol. The lowest BCUT2D eigenvalue weighted by molar-refractivity contribution is 0.171. The Hall–Kier alpha value is -2.01. The third-order valence-corrected chi connectivity index (χ3v) is 3.20. The minimum absolute atomic E-state index is 0.223. The highest BCUT2D eigenvalue weighted by Crippen LogP contribution is 2.32. The molecule has 3 rings (SSSR count). The Balaban J connectivity index is 1.67. The summed E-state index contributed by atoms with van der Waals surface area (Å²) in [5.74, 6) is 2.59. The van der Waals surface area contributed by atoms with Gasteiger partial charge in [0.15, 0.2) is 11.5 Å². The van der Waals surface area contributed by atoms with Gasteiger partial charge in [-0.15, -0.1) is 0 Å². The Morgan fingerprint density at radius 2 is 2.16 bits per heavy atom. The van der Waals surface area contributed by atoms with E-state index in [1.165, 1.54) is 5.56 Å². The summed E-state index contributed by atoms with van der Waals surface area (Å²) in [4.78, 5) is 7.26. The van der Waals surface area contributed by atoms with Crippen molar-refractivity contribution in [3.63, 3.8) is 0 Å². The molecule has 5 heteroatoms. The van der Waals surface area contributed by atoms with Crippen molar-refractivity contribution in [2.24, 2.45) is 0 Å². The summed E-state index contributed by atoms with van der Waals surface area (Å²) in [7, 11) is 0. The van der Waals surface area contributed by atoms with Crippen LogP contribution in [0, 0.1) is 0 Å². The first-order valence-electron chi connectivity index (χ1n) is 6.44. The molecule has 5 nitrogen and oxygen atoms in total. The van der Waals surface area contributed by atoms with Gasteiger partial charge in [0.25, 0.3) is 0 Å². The van der Waals surface area contributed by atoms with Crippen LogP contribution in [0.2, 0.25) is 0 Å². The second-order valence-electron chi connectivity index (χ2n) is 4.54. The monoisotopic (exact) mass is 259 g/mol. The third kappa shape index (κ3) is 2.71. The van der Waals surface area contributed by atoms with E-state index >= 15 is 0 Å². The lowest BCUT2D eigenvalue weighted by atomic mass is 10.1. The average molecular weight is 259 g/mol. The molecule has 1 aromatic heterocycles. The van der Waals surface area contributed by atoms with E-state index in [9.17, 15) is 0 Å². The van der Waals surface area contributed by atoms with Gasteiger partial charge in [0.2, 0.25) is 0 Å². The molecule has 0 amide bonds. The van der Waals surface area contributed by atoms with Gasteiger partial charge in [-0.2, -0.15) is 0 Å². The van der Waals surface area contributed by atoms with Gasteiger partial charge in [0, 0.05) is 18.4 Å². The minimum Gasteiger partial charge on any atom is -0.486 e. The number of aromatic amines is 1. The molecule has 0 aliphatic carbocycles. The summed E-state index contributed by atoms with van der Waals surface area (Å²) in [5.41, 5.74) is 1.18. The van der Waals surface area contributed by atoms with Crippen LogP contribution in [-0.4, -0.2) is 23.2 Å². The highest BCUT2D eigenvalue weighted by Gasteiger charge is 2.14. The van der Waals surface area contributed by atoms with Crippen molar-refractivity contribution in [2.75, 3.05) is 13.2 Å². The largest absolute Gasteiger partial charge is 0.486 e. The molecule has 2 N–H and O–H groups in total. The van der Waals surface area contributed by atoms with Crippen LogP contribution >= 0.6 is 0 Å². The van der Waals surface area contributed by atoms with E-state index in [0.29, 0.717) is 19.8 Å². The fourth-order valence-corrected chi connectivity index (χ4v) is 2.09. The molecule has 0 fully saturated rings. The molecule has 1 aromatic carbocycles. The Morgan fingerprint density at radius 3 is 2.95 bits per heavy atom. The fourth-order valence-electron chi connectivity index (χ4n) is 2.09. The molecule has 1 atom stereocenters. The van der Waals surface area contributed by atoms with E-state index in [2.05, 4.69) is 28.3 Å². The van der Waals surface area contributed by atoms with Crippen LogP contribution in [-0.2, 0) is 6.54 Å². The SMILES string of the molecule is CC(NCc1ncc[nH]1)c1ccc2c(c1)OCCO2. The van der Waals surface area contributed by atoms with Crippen molar-refractivity contribution >= 4 is 0 Å². The van der Waals surface area contributed by atoms with Gasteiger partial charge in [-0.3, -0.25) is 0 Å². The number of ether oxygens (including phenoxy) is 2. The van der Waals surface area contributed by atoms with E-state index in [0.717, 1.165) is 17.3 Å². The summed E-state index contributed by atoms with van der Waals surface area (Å²) in [6, 6.07) is 6.29. The van der Waals surface area contributed by atoms with Crippen LogP contribution in [0.25, 0.3) is 0 Å². The highest BCUT2D eigenvalue weighted by molar-refractivity contribution is 5.44. The topological polar surface area (TPSA) is 59.2 Å². The minimum atomic E-state index is 0.223. The van der Waals surface area contributed by atoms with Crippen molar-refractivity contribution in [1.29, 1.82) is 0 Å². The van der Waals surface area contributed by atoms with E-state index < -0.39 is 0 Å². The molecule has 0 radical (unpaired) electrons. The third-order valence-electron chi connectivity index (χ3n) is 3.20. The molecule has 100 valence electrons. The van der Waals surface area contributed by atoms with Crippen LogP contribution in [0.1, 0.15) is 24.4 Å². The predicted octanol–water partition coefficient (Wildman–Crippen LogP) is 2.03. The van der Waals surface area contributed by atoms with Crippen LogP contribution in [0.3, 0.4) is 0 Å². The quantitative estimate of drug-likeness (QED) is 0.882. The molecule has 2 aromatic rings. The highest BCUT2D eigenvalue weighted by atomic mass is 16.6. The number of imidazole rings is 1. The van der Waals surface area contributed by atoms with E-state index in [4.69, 9.17) is 9.47 Å². The number of nitrogens with one attached hydrogen (secondary N) is 2. The normalized spacial score (nSPS) is 15.2. The zero-order valence-electron chi connectivity index (χ0n) is 10.8. The van der Waals surface area contributed by atoms with Crippen molar-refractivity contribution in [2.45, 2.75) is 19.5 Å². The van der Waals surface area contributed by atoms with Crippen LogP contribution < -0.4 is 14.8 Å². The fraction of sp³-hybridized carbons (Fsp3) is 0.357. The number of hydrogen-bond acceptors (Lipinski definition) is 4. The Labute approximate surface area is 112 Å². The molecule has 1 aliphatic heterocycles. The zero-order chi connectivity index (χ0) is 13.1. The van der Waals surface area contributed by atoms with E-state index in [1.54, 1.807) is 6.20 Å². The van der Waals surface area contributed by atoms with Gasteiger partial charge < -0.3 is 19.8 Å². The number of rotatable bonds is 4.